The van der Waals surface area contributed by atoms with Crippen molar-refractivity contribution < 1.29 is 4.92 Å². The van der Waals surface area contributed by atoms with Crippen LogP contribution in [0.2, 0.25) is 0 Å². The molecule has 15 heavy (non-hydrogen) atoms. The van der Waals surface area contributed by atoms with Gasteiger partial charge in [0.2, 0.25) is 0 Å². The van der Waals surface area contributed by atoms with E-state index in [1.807, 2.05) is 0 Å². The molecule has 0 atom stereocenters. The first-order valence-corrected chi connectivity index (χ1v) is 4.85. The molecule has 0 unspecified atom stereocenters. The van der Waals surface area contributed by atoms with Gasteiger partial charge in [-0.25, -0.2) is 0 Å². The Labute approximate surface area is 91.4 Å². The summed E-state index contributed by atoms with van der Waals surface area (Å²) in [5.74, 6) is 0.534. The van der Waals surface area contributed by atoms with Gasteiger partial charge in [-0.1, -0.05) is 12.2 Å². The summed E-state index contributed by atoms with van der Waals surface area (Å²) < 4.78 is 0. The summed E-state index contributed by atoms with van der Waals surface area (Å²) in [4.78, 5) is 23.4. The molecule has 1 aromatic heterocycles. The molecular formula is C9H10N2O3S. The molecule has 80 valence electrons. The smallest absolute Gasteiger partial charge is 0.323 e. The summed E-state index contributed by atoms with van der Waals surface area (Å²) in [7, 11) is 0. The molecule has 0 saturated carbocycles. The third-order valence-electron chi connectivity index (χ3n) is 1.95. The van der Waals surface area contributed by atoms with Crippen LogP contribution in [0.4, 0.5) is 5.69 Å². The van der Waals surface area contributed by atoms with Gasteiger partial charge in [-0.05, 0) is 6.92 Å². The largest absolute Gasteiger partial charge is 0.337 e. The van der Waals surface area contributed by atoms with Gasteiger partial charge in [0.15, 0.2) is 0 Å². The minimum Gasteiger partial charge on any atom is -0.323 e. The van der Waals surface area contributed by atoms with E-state index < -0.39 is 16.2 Å². The number of thiol groups is 1. The van der Waals surface area contributed by atoms with Crippen LogP contribution in [-0.2, 0) is 0 Å². The number of nitro groups is 1. The maximum absolute atomic E-state index is 11.2. The molecule has 0 spiro atoms. The number of aromatic nitrogens is 1. The van der Waals surface area contributed by atoms with E-state index in [-0.39, 0.29) is 0 Å². The van der Waals surface area contributed by atoms with Gasteiger partial charge in [-0.2, -0.15) is 12.6 Å². The molecule has 1 rings (SSSR count). The predicted octanol–water partition coefficient (Wildman–Crippen LogP) is 1.53. The highest BCUT2D eigenvalue weighted by atomic mass is 32.1. The number of H-pyrrole nitrogens is 1. The monoisotopic (exact) mass is 226 g/mol. The highest BCUT2D eigenvalue weighted by Gasteiger charge is 2.17. The molecule has 0 radical (unpaired) electrons. The Morgan fingerprint density at radius 3 is 2.87 bits per heavy atom. The van der Waals surface area contributed by atoms with Gasteiger partial charge in [0, 0.05) is 23.1 Å². The summed E-state index contributed by atoms with van der Waals surface area (Å²) in [5, 5.41) is 10.6. The second-order valence-electron chi connectivity index (χ2n) is 2.89. The lowest BCUT2D eigenvalue weighted by Gasteiger charge is -1.99. The highest BCUT2D eigenvalue weighted by molar-refractivity contribution is 7.80. The zero-order valence-electron chi connectivity index (χ0n) is 8.06. The minimum absolute atomic E-state index is 0.363. The van der Waals surface area contributed by atoms with Crippen LogP contribution in [0.15, 0.2) is 17.1 Å². The number of nitrogens with zero attached hydrogens (tertiary/aromatic N) is 1. The molecule has 1 heterocycles. The lowest BCUT2D eigenvalue weighted by Crippen LogP contribution is -2.13. The van der Waals surface area contributed by atoms with Crippen molar-refractivity contribution in [1.29, 1.82) is 0 Å². The minimum atomic E-state index is -0.680. The molecule has 0 bridgehead atoms. The molecule has 1 N–H and O–H groups in total. The average Bonchev–Trinajstić information content (AvgIpc) is 2.16. The standard InChI is InChI=1S/C9H10N2O3S/c1-6-7(3-2-4-15)5-10-9(12)8(6)11(13)14/h2-3,5,15H,4H2,1H3,(H,10,12). The second-order valence-corrected chi connectivity index (χ2v) is 3.25. The molecule has 0 aliphatic rings. The van der Waals surface area contributed by atoms with Crippen molar-refractivity contribution in [2.24, 2.45) is 0 Å². The van der Waals surface area contributed by atoms with E-state index >= 15 is 0 Å². The molecule has 0 aromatic carbocycles. The first-order chi connectivity index (χ1) is 7.07. The van der Waals surface area contributed by atoms with Gasteiger partial charge in [-0.15, -0.1) is 0 Å². The molecule has 0 saturated heterocycles. The van der Waals surface area contributed by atoms with Gasteiger partial charge in [-0.3, -0.25) is 14.9 Å². The van der Waals surface area contributed by atoms with Crippen molar-refractivity contribution in [2.75, 3.05) is 5.75 Å². The second kappa shape index (κ2) is 4.79. The van der Waals surface area contributed by atoms with E-state index in [0.717, 1.165) is 0 Å². The van der Waals surface area contributed by atoms with Crippen molar-refractivity contribution in [3.05, 3.63) is 43.9 Å². The topological polar surface area (TPSA) is 76.0 Å². The van der Waals surface area contributed by atoms with E-state index in [9.17, 15) is 14.9 Å². The van der Waals surface area contributed by atoms with Crippen LogP contribution < -0.4 is 5.56 Å². The van der Waals surface area contributed by atoms with Crippen molar-refractivity contribution in [1.82, 2.24) is 4.98 Å². The van der Waals surface area contributed by atoms with Gasteiger partial charge in [0.05, 0.1) is 4.92 Å². The maximum Gasteiger partial charge on any atom is 0.337 e. The molecule has 0 amide bonds. The van der Waals surface area contributed by atoms with Crippen molar-refractivity contribution in [2.45, 2.75) is 6.92 Å². The fraction of sp³-hybridized carbons (Fsp3) is 0.222. The van der Waals surface area contributed by atoms with E-state index in [4.69, 9.17) is 0 Å². The number of hydrogen-bond acceptors (Lipinski definition) is 4. The van der Waals surface area contributed by atoms with E-state index in [0.29, 0.717) is 16.9 Å². The molecule has 6 heteroatoms. The Hall–Kier alpha value is -1.56. The molecule has 0 aliphatic carbocycles. The summed E-state index contributed by atoms with van der Waals surface area (Å²) >= 11 is 3.98. The van der Waals surface area contributed by atoms with Crippen molar-refractivity contribution in [3.63, 3.8) is 0 Å². The van der Waals surface area contributed by atoms with Crippen LogP contribution in [0, 0.1) is 17.0 Å². The Morgan fingerprint density at radius 1 is 1.67 bits per heavy atom. The fourth-order valence-corrected chi connectivity index (χ4v) is 1.30. The first kappa shape index (κ1) is 11.5. The van der Waals surface area contributed by atoms with Gasteiger partial charge in [0.25, 0.3) is 0 Å². The third-order valence-corrected chi connectivity index (χ3v) is 2.16. The number of rotatable bonds is 3. The Morgan fingerprint density at radius 2 is 2.33 bits per heavy atom. The quantitative estimate of drug-likeness (QED) is 0.466. The van der Waals surface area contributed by atoms with Crippen LogP contribution >= 0.6 is 12.6 Å². The molecule has 0 fully saturated rings. The normalized spacial score (nSPS) is 10.8. The SMILES string of the molecule is Cc1c(C=CCS)c[nH]c(=O)c1[N+](=O)[O-]. The van der Waals surface area contributed by atoms with Crippen LogP contribution in [0.25, 0.3) is 6.08 Å². The van der Waals surface area contributed by atoms with E-state index in [1.165, 1.54) is 6.20 Å². The van der Waals surface area contributed by atoms with Crippen molar-refractivity contribution >= 4 is 24.4 Å². The Kier molecular flexibility index (Phi) is 3.68. The Bertz CT molecular complexity index is 465. The maximum atomic E-state index is 11.2. The molecule has 5 nitrogen and oxygen atoms in total. The third kappa shape index (κ3) is 2.47. The zero-order chi connectivity index (χ0) is 11.4. The Balaban J connectivity index is 3.35. The summed E-state index contributed by atoms with van der Waals surface area (Å²) in [6.07, 6.45) is 4.88. The van der Waals surface area contributed by atoms with Crippen LogP contribution in [-0.4, -0.2) is 15.7 Å². The lowest BCUT2D eigenvalue weighted by molar-refractivity contribution is -0.386. The zero-order valence-corrected chi connectivity index (χ0v) is 8.95. The highest BCUT2D eigenvalue weighted by Crippen LogP contribution is 2.16. The molecule has 1 aromatic rings. The summed E-state index contributed by atoms with van der Waals surface area (Å²) in [5.41, 5.74) is -0.103. The molecular weight excluding hydrogens is 216 g/mol. The summed E-state index contributed by atoms with van der Waals surface area (Å²) in [6, 6.07) is 0. The number of aromatic amines is 1. The molecule has 0 aliphatic heterocycles. The number of hydrogen-bond donors (Lipinski definition) is 2. The van der Waals surface area contributed by atoms with Gasteiger partial charge < -0.3 is 4.98 Å². The van der Waals surface area contributed by atoms with Crippen molar-refractivity contribution in [3.8, 4) is 0 Å². The van der Waals surface area contributed by atoms with Crippen LogP contribution in [0.3, 0.4) is 0 Å². The predicted molar refractivity (Wildman–Crippen MR) is 61.3 cm³/mol. The summed E-state index contributed by atoms with van der Waals surface area (Å²) in [6.45, 7) is 1.55. The van der Waals surface area contributed by atoms with Gasteiger partial charge >= 0.3 is 11.2 Å². The van der Waals surface area contributed by atoms with Crippen LogP contribution in [0.1, 0.15) is 11.1 Å². The first-order valence-electron chi connectivity index (χ1n) is 4.22. The fourth-order valence-electron chi connectivity index (χ4n) is 1.20. The van der Waals surface area contributed by atoms with Crippen LogP contribution in [0.5, 0.6) is 0 Å². The lowest BCUT2D eigenvalue weighted by atomic mass is 10.1. The average molecular weight is 226 g/mol. The number of nitrogens with one attached hydrogen (secondary N) is 1. The van der Waals surface area contributed by atoms with Gasteiger partial charge in [0.1, 0.15) is 0 Å². The number of pyridine rings is 1. The van der Waals surface area contributed by atoms with E-state index in [2.05, 4.69) is 17.6 Å². The van der Waals surface area contributed by atoms with E-state index in [1.54, 1.807) is 19.1 Å².